The maximum absolute atomic E-state index is 13.0. The van der Waals surface area contributed by atoms with Crippen molar-refractivity contribution in [2.45, 2.75) is 26.9 Å². The summed E-state index contributed by atoms with van der Waals surface area (Å²) in [6.45, 7) is 5.86. The van der Waals surface area contributed by atoms with Crippen LogP contribution in [0.25, 0.3) is 6.08 Å². The van der Waals surface area contributed by atoms with Gasteiger partial charge in [0.15, 0.2) is 11.5 Å². The lowest BCUT2D eigenvalue weighted by Gasteiger charge is -2.26. The first-order valence-electron chi connectivity index (χ1n) is 9.54. The van der Waals surface area contributed by atoms with Crippen molar-refractivity contribution in [1.29, 1.82) is 0 Å². The van der Waals surface area contributed by atoms with Gasteiger partial charge in [-0.05, 0) is 68.8 Å². The normalized spacial score (nSPS) is 15.5. The summed E-state index contributed by atoms with van der Waals surface area (Å²) in [4.78, 5) is 38.4. The Labute approximate surface area is 184 Å². The number of benzene rings is 2. The van der Waals surface area contributed by atoms with Gasteiger partial charge in [0.25, 0.3) is 11.8 Å². The van der Waals surface area contributed by atoms with Gasteiger partial charge in [-0.2, -0.15) is 0 Å². The molecule has 0 atom stereocenters. The molecule has 0 radical (unpaired) electrons. The summed E-state index contributed by atoms with van der Waals surface area (Å²) >= 11 is 6.36. The zero-order chi connectivity index (χ0) is 22.7. The third-order valence-electron chi connectivity index (χ3n) is 4.21. The molecule has 0 aliphatic carbocycles. The molecule has 3 rings (SSSR count). The van der Waals surface area contributed by atoms with Crippen molar-refractivity contribution in [3.8, 4) is 17.2 Å². The van der Waals surface area contributed by atoms with Gasteiger partial charge in [0.05, 0.1) is 23.4 Å². The van der Waals surface area contributed by atoms with Crippen LogP contribution >= 0.6 is 11.6 Å². The highest BCUT2D eigenvalue weighted by Crippen LogP contribution is 2.38. The van der Waals surface area contributed by atoms with E-state index in [0.29, 0.717) is 23.7 Å². The number of barbiturate groups is 1. The van der Waals surface area contributed by atoms with E-state index in [-0.39, 0.29) is 28.1 Å². The van der Waals surface area contributed by atoms with E-state index in [2.05, 4.69) is 5.32 Å². The molecule has 2 aromatic rings. The lowest BCUT2D eigenvalue weighted by Crippen LogP contribution is -2.54. The van der Waals surface area contributed by atoms with Gasteiger partial charge in [0, 0.05) is 0 Å². The van der Waals surface area contributed by atoms with Crippen LogP contribution in [0, 0.1) is 0 Å². The van der Waals surface area contributed by atoms with E-state index < -0.39 is 17.8 Å². The average Bonchev–Trinajstić information content (AvgIpc) is 2.69. The van der Waals surface area contributed by atoms with Crippen molar-refractivity contribution in [3.05, 3.63) is 52.6 Å². The minimum atomic E-state index is -0.883. The molecular weight excluding hydrogens is 424 g/mol. The zero-order valence-electron chi connectivity index (χ0n) is 17.1. The summed E-state index contributed by atoms with van der Waals surface area (Å²) < 4.78 is 11.3. The van der Waals surface area contributed by atoms with Crippen molar-refractivity contribution in [1.82, 2.24) is 5.32 Å². The fourth-order valence-corrected chi connectivity index (χ4v) is 3.21. The third kappa shape index (κ3) is 4.80. The van der Waals surface area contributed by atoms with Crippen LogP contribution < -0.4 is 19.7 Å². The number of nitrogens with one attached hydrogen (secondary N) is 1. The van der Waals surface area contributed by atoms with Gasteiger partial charge >= 0.3 is 6.03 Å². The molecule has 0 bridgehead atoms. The predicted octanol–water partition coefficient (Wildman–Crippen LogP) is 3.90. The summed E-state index contributed by atoms with van der Waals surface area (Å²) in [5, 5.41) is 11.8. The number of nitrogens with zero attached hydrogens (tertiary/aromatic N) is 1. The largest absolute Gasteiger partial charge is 0.508 e. The number of carbonyl (C=O) groups excluding carboxylic acids is 3. The smallest absolute Gasteiger partial charge is 0.335 e. The Kier molecular flexibility index (Phi) is 6.50. The zero-order valence-corrected chi connectivity index (χ0v) is 17.9. The third-order valence-corrected chi connectivity index (χ3v) is 4.49. The summed E-state index contributed by atoms with van der Waals surface area (Å²) in [5.41, 5.74) is 0.360. The number of urea groups is 1. The van der Waals surface area contributed by atoms with E-state index in [1.807, 2.05) is 13.8 Å². The second kappa shape index (κ2) is 9.09. The van der Waals surface area contributed by atoms with Gasteiger partial charge in [-0.25, -0.2) is 9.69 Å². The van der Waals surface area contributed by atoms with Gasteiger partial charge < -0.3 is 14.6 Å². The molecule has 9 heteroatoms. The predicted molar refractivity (Wildman–Crippen MR) is 115 cm³/mol. The molecule has 8 nitrogen and oxygen atoms in total. The number of hydrogen-bond acceptors (Lipinski definition) is 6. The number of amides is 4. The molecule has 1 heterocycles. The van der Waals surface area contributed by atoms with Crippen molar-refractivity contribution >= 4 is 41.2 Å². The lowest BCUT2D eigenvalue weighted by atomic mass is 10.1. The van der Waals surface area contributed by atoms with Crippen LogP contribution in [0.2, 0.25) is 5.02 Å². The van der Waals surface area contributed by atoms with Crippen LogP contribution in [0.3, 0.4) is 0 Å². The maximum atomic E-state index is 13.0. The first-order valence-corrected chi connectivity index (χ1v) is 9.92. The second-order valence-corrected chi connectivity index (χ2v) is 7.31. The van der Waals surface area contributed by atoms with E-state index in [1.54, 1.807) is 13.0 Å². The van der Waals surface area contributed by atoms with E-state index in [0.717, 1.165) is 4.90 Å². The summed E-state index contributed by atoms with van der Waals surface area (Å²) in [6.07, 6.45) is 1.18. The number of imide groups is 2. The molecule has 0 aromatic heterocycles. The molecule has 162 valence electrons. The van der Waals surface area contributed by atoms with Crippen molar-refractivity contribution in [3.63, 3.8) is 0 Å². The van der Waals surface area contributed by atoms with Crippen LogP contribution in [0.5, 0.6) is 17.2 Å². The molecule has 4 amide bonds. The van der Waals surface area contributed by atoms with Gasteiger partial charge in [0.1, 0.15) is 11.3 Å². The molecule has 1 aliphatic rings. The van der Waals surface area contributed by atoms with Gasteiger partial charge in [-0.15, -0.1) is 0 Å². The number of rotatable bonds is 6. The Bertz CT molecular complexity index is 1060. The number of anilines is 1. The Morgan fingerprint density at radius 3 is 2.45 bits per heavy atom. The van der Waals surface area contributed by atoms with E-state index >= 15 is 0 Å². The quantitative estimate of drug-likeness (QED) is 0.517. The number of halogens is 1. The standard InChI is InChI=1S/C22H21ClN2O6/c1-4-30-18-11-13(10-17(23)19(18)31-12(2)3)9-16-20(27)24-22(29)25(21(16)28)14-5-7-15(26)8-6-14/h5-12,26H,4H2,1-3H3,(H,24,27,29)/b16-9+. The SMILES string of the molecule is CCOc1cc(/C=C2\C(=O)NC(=O)N(c3ccc(O)cc3)C2=O)cc(Cl)c1OC(C)C. The topological polar surface area (TPSA) is 105 Å². The summed E-state index contributed by atoms with van der Waals surface area (Å²) in [6, 6.07) is 7.70. The van der Waals surface area contributed by atoms with Crippen LogP contribution in [0.15, 0.2) is 42.0 Å². The minimum Gasteiger partial charge on any atom is -0.508 e. The first kappa shape index (κ1) is 22.2. The lowest BCUT2D eigenvalue weighted by molar-refractivity contribution is -0.122. The molecule has 1 fully saturated rings. The Balaban J connectivity index is 2.02. The van der Waals surface area contributed by atoms with E-state index in [1.165, 1.54) is 36.4 Å². The highest BCUT2D eigenvalue weighted by atomic mass is 35.5. The highest BCUT2D eigenvalue weighted by molar-refractivity contribution is 6.39. The maximum Gasteiger partial charge on any atom is 0.335 e. The highest BCUT2D eigenvalue weighted by Gasteiger charge is 2.36. The van der Waals surface area contributed by atoms with Crippen LogP contribution in [-0.2, 0) is 9.59 Å². The molecule has 1 saturated heterocycles. The number of carbonyl (C=O) groups is 3. The number of hydrogen-bond donors (Lipinski definition) is 2. The first-order chi connectivity index (χ1) is 14.7. The van der Waals surface area contributed by atoms with Crippen LogP contribution in [0.4, 0.5) is 10.5 Å². The summed E-state index contributed by atoms with van der Waals surface area (Å²) in [7, 11) is 0. The van der Waals surface area contributed by atoms with Crippen LogP contribution in [0.1, 0.15) is 26.3 Å². The number of phenolic OH excluding ortho intramolecular Hbond substituents is 1. The number of phenols is 1. The van der Waals surface area contributed by atoms with E-state index in [9.17, 15) is 19.5 Å². The van der Waals surface area contributed by atoms with Crippen molar-refractivity contribution < 1.29 is 29.0 Å². The fourth-order valence-electron chi connectivity index (χ4n) is 2.94. The second-order valence-electron chi connectivity index (χ2n) is 6.90. The molecule has 0 spiro atoms. The molecular formula is C22H21ClN2O6. The molecule has 0 unspecified atom stereocenters. The Hall–Kier alpha value is -3.52. The van der Waals surface area contributed by atoms with Crippen molar-refractivity contribution in [2.24, 2.45) is 0 Å². The van der Waals surface area contributed by atoms with Crippen molar-refractivity contribution in [2.75, 3.05) is 11.5 Å². The van der Waals surface area contributed by atoms with Crippen LogP contribution in [-0.4, -0.2) is 35.7 Å². The average molecular weight is 445 g/mol. The number of ether oxygens (including phenoxy) is 2. The molecule has 0 saturated carbocycles. The Morgan fingerprint density at radius 2 is 1.84 bits per heavy atom. The fraction of sp³-hybridized carbons (Fsp3) is 0.227. The van der Waals surface area contributed by atoms with E-state index in [4.69, 9.17) is 21.1 Å². The Morgan fingerprint density at radius 1 is 1.16 bits per heavy atom. The molecule has 1 aliphatic heterocycles. The summed E-state index contributed by atoms with van der Waals surface area (Å²) in [5.74, 6) is -0.938. The monoisotopic (exact) mass is 444 g/mol. The molecule has 2 aromatic carbocycles. The van der Waals surface area contributed by atoms with Gasteiger partial charge in [-0.3, -0.25) is 14.9 Å². The van der Waals surface area contributed by atoms with Gasteiger partial charge in [0.2, 0.25) is 0 Å². The number of aromatic hydroxyl groups is 1. The molecule has 31 heavy (non-hydrogen) atoms. The minimum absolute atomic E-state index is 0.0257. The molecule has 2 N–H and O–H groups in total. The van der Waals surface area contributed by atoms with Gasteiger partial charge in [-0.1, -0.05) is 11.6 Å².